The van der Waals surface area contributed by atoms with Gasteiger partial charge in [0.2, 0.25) is 5.91 Å². The summed E-state index contributed by atoms with van der Waals surface area (Å²) in [6, 6.07) is 0.137. The van der Waals surface area contributed by atoms with Gasteiger partial charge < -0.3 is 10.4 Å². The predicted molar refractivity (Wildman–Crippen MR) is 59.5 cm³/mol. The van der Waals surface area contributed by atoms with E-state index in [0.717, 1.165) is 25.9 Å². The molecule has 0 aliphatic carbocycles. The monoisotopic (exact) mass is 214 g/mol. The molecule has 0 bridgehead atoms. The summed E-state index contributed by atoms with van der Waals surface area (Å²) in [6.07, 6.45) is 1.66. The third-order valence-corrected chi connectivity index (χ3v) is 3.34. The molecule has 1 rings (SSSR count). The minimum Gasteiger partial charge on any atom is -0.392 e. The van der Waals surface area contributed by atoms with E-state index in [9.17, 15) is 9.90 Å². The molecule has 3 unspecified atom stereocenters. The van der Waals surface area contributed by atoms with Crippen LogP contribution in [0.15, 0.2) is 0 Å². The van der Waals surface area contributed by atoms with Gasteiger partial charge in [0.05, 0.1) is 12.0 Å². The van der Waals surface area contributed by atoms with Gasteiger partial charge in [0.1, 0.15) is 0 Å². The summed E-state index contributed by atoms with van der Waals surface area (Å²) in [4.78, 5) is 13.7. The van der Waals surface area contributed by atoms with E-state index in [1.807, 2.05) is 6.92 Å². The van der Waals surface area contributed by atoms with E-state index in [1.165, 1.54) is 0 Å². The zero-order valence-electron chi connectivity index (χ0n) is 9.86. The Morgan fingerprint density at radius 2 is 2.20 bits per heavy atom. The van der Waals surface area contributed by atoms with E-state index in [1.54, 1.807) is 14.0 Å². The maximum atomic E-state index is 11.5. The maximum Gasteiger partial charge on any atom is 0.224 e. The summed E-state index contributed by atoms with van der Waals surface area (Å²) in [5, 5.41) is 12.2. The van der Waals surface area contributed by atoms with Gasteiger partial charge in [-0.2, -0.15) is 0 Å². The van der Waals surface area contributed by atoms with Crippen molar-refractivity contribution < 1.29 is 9.90 Å². The standard InChI is InChI=1S/C11H22N2O2/c1-8(9(2)14)13-6-4-5-10(7-13)11(15)12-3/h8-10,14H,4-7H2,1-3H3,(H,12,15). The van der Waals surface area contributed by atoms with Gasteiger partial charge in [-0.05, 0) is 33.2 Å². The van der Waals surface area contributed by atoms with Crippen molar-refractivity contribution in [2.24, 2.45) is 5.92 Å². The molecule has 1 aliphatic rings. The Morgan fingerprint density at radius 3 is 2.73 bits per heavy atom. The normalized spacial score (nSPS) is 27.1. The Bertz CT molecular complexity index is 219. The first kappa shape index (κ1) is 12.5. The fourth-order valence-corrected chi connectivity index (χ4v) is 2.10. The van der Waals surface area contributed by atoms with Crippen molar-refractivity contribution in [1.29, 1.82) is 0 Å². The maximum absolute atomic E-state index is 11.5. The SMILES string of the molecule is CNC(=O)C1CCCN(C(C)C(C)O)C1. The zero-order valence-corrected chi connectivity index (χ0v) is 9.86. The fourth-order valence-electron chi connectivity index (χ4n) is 2.10. The molecule has 1 saturated heterocycles. The molecule has 0 radical (unpaired) electrons. The smallest absolute Gasteiger partial charge is 0.224 e. The number of nitrogens with zero attached hydrogens (tertiary/aromatic N) is 1. The molecule has 1 fully saturated rings. The van der Waals surface area contributed by atoms with Gasteiger partial charge in [0.25, 0.3) is 0 Å². The van der Waals surface area contributed by atoms with Crippen molar-refractivity contribution in [2.75, 3.05) is 20.1 Å². The second kappa shape index (κ2) is 5.47. The van der Waals surface area contributed by atoms with Crippen LogP contribution in [-0.4, -0.2) is 48.2 Å². The Balaban J connectivity index is 2.52. The number of likely N-dealkylation sites (tertiary alicyclic amines) is 1. The van der Waals surface area contributed by atoms with Crippen LogP contribution in [0.1, 0.15) is 26.7 Å². The van der Waals surface area contributed by atoms with Gasteiger partial charge in [-0.3, -0.25) is 9.69 Å². The van der Waals surface area contributed by atoms with Gasteiger partial charge in [-0.25, -0.2) is 0 Å². The van der Waals surface area contributed by atoms with Gasteiger partial charge in [0.15, 0.2) is 0 Å². The molecule has 1 amide bonds. The molecular weight excluding hydrogens is 192 g/mol. The van der Waals surface area contributed by atoms with Crippen molar-refractivity contribution in [3.05, 3.63) is 0 Å². The van der Waals surface area contributed by atoms with E-state index in [0.29, 0.717) is 0 Å². The van der Waals surface area contributed by atoms with E-state index >= 15 is 0 Å². The van der Waals surface area contributed by atoms with E-state index in [-0.39, 0.29) is 24.0 Å². The number of amides is 1. The molecule has 3 atom stereocenters. The summed E-state index contributed by atoms with van der Waals surface area (Å²) in [7, 11) is 1.68. The number of aliphatic hydroxyl groups is 1. The van der Waals surface area contributed by atoms with Crippen LogP contribution in [0.4, 0.5) is 0 Å². The topological polar surface area (TPSA) is 52.6 Å². The zero-order chi connectivity index (χ0) is 11.4. The van der Waals surface area contributed by atoms with Crippen molar-refractivity contribution in [3.8, 4) is 0 Å². The van der Waals surface area contributed by atoms with Crippen LogP contribution in [0.2, 0.25) is 0 Å². The first-order valence-corrected chi connectivity index (χ1v) is 5.70. The highest BCUT2D eigenvalue weighted by Crippen LogP contribution is 2.19. The van der Waals surface area contributed by atoms with Crippen LogP contribution < -0.4 is 5.32 Å². The van der Waals surface area contributed by atoms with Gasteiger partial charge >= 0.3 is 0 Å². The average Bonchev–Trinajstić information content (AvgIpc) is 2.27. The Kier molecular flexibility index (Phi) is 4.54. The highest BCUT2D eigenvalue weighted by Gasteiger charge is 2.28. The van der Waals surface area contributed by atoms with Crippen LogP contribution >= 0.6 is 0 Å². The number of aliphatic hydroxyl groups excluding tert-OH is 1. The number of carbonyl (C=O) groups is 1. The van der Waals surface area contributed by atoms with Crippen LogP contribution in [-0.2, 0) is 4.79 Å². The number of rotatable bonds is 3. The summed E-state index contributed by atoms with van der Waals surface area (Å²) < 4.78 is 0. The lowest BCUT2D eigenvalue weighted by molar-refractivity contribution is -0.126. The third-order valence-electron chi connectivity index (χ3n) is 3.34. The van der Waals surface area contributed by atoms with Gasteiger partial charge in [-0.15, -0.1) is 0 Å². The van der Waals surface area contributed by atoms with Crippen LogP contribution in [0.5, 0.6) is 0 Å². The number of piperidine rings is 1. The lowest BCUT2D eigenvalue weighted by atomic mass is 9.95. The first-order chi connectivity index (χ1) is 7.06. The van der Waals surface area contributed by atoms with Gasteiger partial charge in [-0.1, -0.05) is 0 Å². The number of hydrogen-bond donors (Lipinski definition) is 2. The fraction of sp³-hybridized carbons (Fsp3) is 0.909. The largest absolute Gasteiger partial charge is 0.392 e. The van der Waals surface area contributed by atoms with Gasteiger partial charge in [0, 0.05) is 19.6 Å². The van der Waals surface area contributed by atoms with Crippen molar-refractivity contribution in [2.45, 2.75) is 38.8 Å². The molecule has 0 spiro atoms. The molecule has 4 heteroatoms. The van der Waals surface area contributed by atoms with Crippen LogP contribution in [0.25, 0.3) is 0 Å². The molecule has 1 aliphatic heterocycles. The molecule has 4 nitrogen and oxygen atoms in total. The molecular formula is C11H22N2O2. The molecule has 0 saturated carbocycles. The third kappa shape index (κ3) is 3.18. The Labute approximate surface area is 91.6 Å². The summed E-state index contributed by atoms with van der Waals surface area (Å²) in [5.41, 5.74) is 0. The lowest BCUT2D eigenvalue weighted by Crippen LogP contribution is -2.48. The molecule has 1 heterocycles. The Hall–Kier alpha value is -0.610. The lowest BCUT2D eigenvalue weighted by Gasteiger charge is -2.37. The minimum atomic E-state index is -0.339. The average molecular weight is 214 g/mol. The van der Waals surface area contributed by atoms with E-state index in [2.05, 4.69) is 10.2 Å². The molecule has 15 heavy (non-hydrogen) atoms. The van der Waals surface area contributed by atoms with Crippen molar-refractivity contribution in [3.63, 3.8) is 0 Å². The molecule has 88 valence electrons. The molecule has 0 aromatic carbocycles. The quantitative estimate of drug-likeness (QED) is 0.706. The summed E-state index contributed by atoms with van der Waals surface area (Å²) in [6.45, 7) is 5.57. The minimum absolute atomic E-state index is 0.0879. The number of nitrogens with one attached hydrogen (secondary N) is 1. The number of hydrogen-bond acceptors (Lipinski definition) is 3. The second-order valence-corrected chi connectivity index (χ2v) is 4.43. The highest BCUT2D eigenvalue weighted by atomic mass is 16.3. The summed E-state index contributed by atoms with van der Waals surface area (Å²) in [5.74, 6) is 0.211. The second-order valence-electron chi connectivity index (χ2n) is 4.43. The predicted octanol–water partition coefficient (Wildman–Crippen LogP) is 0.214. The highest BCUT2D eigenvalue weighted by molar-refractivity contribution is 5.78. The summed E-state index contributed by atoms with van der Waals surface area (Å²) >= 11 is 0. The van der Waals surface area contributed by atoms with E-state index in [4.69, 9.17) is 0 Å². The molecule has 2 N–H and O–H groups in total. The Morgan fingerprint density at radius 1 is 1.53 bits per heavy atom. The van der Waals surface area contributed by atoms with Crippen molar-refractivity contribution >= 4 is 5.91 Å². The number of carbonyl (C=O) groups excluding carboxylic acids is 1. The molecule has 0 aromatic rings. The van der Waals surface area contributed by atoms with Crippen LogP contribution in [0.3, 0.4) is 0 Å². The van der Waals surface area contributed by atoms with Crippen molar-refractivity contribution in [1.82, 2.24) is 10.2 Å². The molecule has 0 aromatic heterocycles. The first-order valence-electron chi connectivity index (χ1n) is 5.70. The van der Waals surface area contributed by atoms with Crippen LogP contribution in [0, 0.1) is 5.92 Å². The van der Waals surface area contributed by atoms with E-state index < -0.39 is 0 Å².